The van der Waals surface area contributed by atoms with Crippen LogP contribution >= 0.6 is 20.4 Å². The molecule has 0 aliphatic carbocycles. The van der Waals surface area contributed by atoms with E-state index in [0.717, 1.165) is 12.8 Å². The minimum atomic E-state index is -0.943. The van der Waals surface area contributed by atoms with Crippen molar-refractivity contribution < 1.29 is 23.7 Å². The summed E-state index contributed by atoms with van der Waals surface area (Å²) in [5, 5.41) is 13.0. The predicted octanol–water partition coefficient (Wildman–Crippen LogP) is 8.23. The molecule has 2 atom stereocenters. The Bertz CT molecular complexity index is 575. The minimum Gasteiger partial charge on any atom is -0.444 e. The Kier molecular flexibility index (Phi) is 20.1. The highest BCUT2D eigenvalue weighted by atomic mass is 32.2. The molecule has 0 heterocycles. The van der Waals surface area contributed by atoms with Gasteiger partial charge in [-0.2, -0.15) is 11.8 Å². The lowest BCUT2D eigenvalue weighted by atomic mass is 10.0. The lowest BCUT2D eigenvalue weighted by Crippen LogP contribution is -2.47. The van der Waals surface area contributed by atoms with E-state index in [-0.39, 0.29) is 6.61 Å². The van der Waals surface area contributed by atoms with Crippen LogP contribution in [0.4, 0.5) is 4.79 Å². The molecule has 8 heteroatoms. The maximum Gasteiger partial charge on any atom is 0.408 e. The summed E-state index contributed by atoms with van der Waals surface area (Å²) < 4.78 is 21.1. The fraction of sp³-hybridized carbons (Fsp3) is 0.889. The summed E-state index contributed by atoms with van der Waals surface area (Å²) in [7, 11) is -0.495. The summed E-state index contributed by atoms with van der Waals surface area (Å²) in [6.45, 7) is 12.1. The van der Waals surface area contributed by atoms with Crippen LogP contribution in [0.25, 0.3) is 0 Å². The molecule has 0 saturated heterocycles. The van der Waals surface area contributed by atoms with Crippen molar-refractivity contribution in [1.29, 1.82) is 0 Å². The highest BCUT2D eigenvalue weighted by molar-refractivity contribution is 8.00. The number of hydrogen-bond acceptors (Lipinski definition) is 6. The molecule has 0 saturated carbocycles. The van der Waals surface area contributed by atoms with Crippen molar-refractivity contribution in [3.05, 3.63) is 12.2 Å². The highest BCUT2D eigenvalue weighted by Crippen LogP contribution is 2.24. The number of amides is 1. The van der Waals surface area contributed by atoms with Crippen LogP contribution in [-0.2, 0) is 13.8 Å². The van der Waals surface area contributed by atoms with Crippen LogP contribution < -0.4 is 5.32 Å². The number of rotatable bonds is 20. The lowest BCUT2D eigenvalue weighted by Gasteiger charge is -2.24. The largest absolute Gasteiger partial charge is 0.444 e. The average molecular weight is 534 g/mol. The molecular formula is C27H52NO5PS. The number of aliphatic hydroxyl groups excluding tert-OH is 1. The predicted molar refractivity (Wildman–Crippen MR) is 149 cm³/mol. The highest BCUT2D eigenvalue weighted by Gasteiger charge is 2.23. The van der Waals surface area contributed by atoms with E-state index < -0.39 is 32.5 Å². The number of alkyl carbamates (subject to hydrolysis) is 1. The first-order valence-corrected chi connectivity index (χ1v) is 15.1. The third-order valence-electron chi connectivity index (χ3n) is 5.30. The van der Waals surface area contributed by atoms with Crippen molar-refractivity contribution in [3.8, 4) is 0 Å². The van der Waals surface area contributed by atoms with E-state index in [2.05, 4.69) is 37.8 Å². The fourth-order valence-electron chi connectivity index (χ4n) is 3.50. The average Bonchev–Trinajstić information content (AvgIpc) is 2.74. The van der Waals surface area contributed by atoms with E-state index in [1.807, 2.05) is 6.08 Å². The van der Waals surface area contributed by atoms with E-state index in [0.29, 0.717) is 4.75 Å². The fourth-order valence-corrected chi connectivity index (χ4v) is 4.68. The first-order valence-electron chi connectivity index (χ1n) is 13.4. The third kappa shape index (κ3) is 24.8. The van der Waals surface area contributed by atoms with Gasteiger partial charge in [-0.15, -0.1) is 0 Å². The quantitative estimate of drug-likeness (QED) is 0.0931. The second-order valence-corrected chi connectivity index (χ2v) is 13.5. The molecule has 0 radical (unpaired) electrons. The summed E-state index contributed by atoms with van der Waals surface area (Å²) in [4.78, 5) is 12.0. The van der Waals surface area contributed by atoms with E-state index in [1.165, 1.54) is 70.0 Å². The first kappa shape index (κ1) is 34.4. The summed E-state index contributed by atoms with van der Waals surface area (Å²) >= 11 is 2.07. The number of thioether (sulfide) groups is 1. The molecule has 0 unspecified atom stereocenters. The van der Waals surface area contributed by atoms with Gasteiger partial charge in [0.05, 0.1) is 18.8 Å². The van der Waals surface area contributed by atoms with Crippen molar-refractivity contribution in [3.63, 3.8) is 0 Å². The number of allylic oxidation sites excluding steroid dienone is 1. The Morgan fingerprint density at radius 3 is 1.91 bits per heavy atom. The molecule has 6 nitrogen and oxygen atoms in total. The topological polar surface area (TPSA) is 84.9 Å². The second kappa shape index (κ2) is 20.4. The minimum absolute atomic E-state index is 0.0773. The number of aliphatic hydroxyl groups is 1. The van der Waals surface area contributed by atoms with Gasteiger partial charge in [-0.05, 0) is 45.8 Å². The van der Waals surface area contributed by atoms with Crippen LogP contribution in [0.2, 0.25) is 0 Å². The molecule has 2 N–H and O–H groups in total. The van der Waals surface area contributed by atoms with Crippen LogP contribution in [0.5, 0.6) is 0 Å². The molecule has 0 aliphatic heterocycles. The molecule has 35 heavy (non-hydrogen) atoms. The Morgan fingerprint density at radius 1 is 0.914 bits per heavy atom. The Morgan fingerprint density at radius 2 is 1.43 bits per heavy atom. The molecule has 1 amide bonds. The molecule has 0 aromatic carbocycles. The zero-order valence-electron chi connectivity index (χ0n) is 23.1. The lowest BCUT2D eigenvalue weighted by molar-refractivity contribution is 0.0422. The standard InChI is InChI=1S/C27H52NO5PS/c1-26(2,3)33-25(30)28-23(22-32-34-31)24(29)20-18-16-14-12-10-8-7-9-11-13-15-17-19-21-35-27(4,5)6/h18,20,23-24,29H,7-17,19,21-22H2,1-6H3,(H,28,30)/b20-18+/t23-,24+/m0/s1. The Labute approximate surface area is 221 Å². The van der Waals surface area contributed by atoms with Crippen molar-refractivity contribution in [1.82, 2.24) is 5.32 Å². The zero-order chi connectivity index (χ0) is 26.6. The first-order chi connectivity index (χ1) is 16.4. The van der Waals surface area contributed by atoms with E-state index >= 15 is 0 Å². The summed E-state index contributed by atoms with van der Waals surface area (Å²) in [6, 6.07) is -0.732. The van der Waals surface area contributed by atoms with Gasteiger partial charge in [-0.1, -0.05) is 90.7 Å². The van der Waals surface area contributed by atoms with Crippen LogP contribution in [0, 0.1) is 0 Å². The summed E-state index contributed by atoms with van der Waals surface area (Å²) in [6.07, 6.45) is 17.2. The van der Waals surface area contributed by atoms with Gasteiger partial charge in [0.15, 0.2) is 0 Å². The number of carbonyl (C=O) groups excluding carboxylic acids is 1. The van der Waals surface area contributed by atoms with Gasteiger partial charge in [0.1, 0.15) is 5.60 Å². The third-order valence-corrected chi connectivity index (χ3v) is 6.92. The van der Waals surface area contributed by atoms with Crippen LogP contribution in [0.3, 0.4) is 0 Å². The number of hydrogen-bond donors (Lipinski definition) is 2. The number of nitrogens with one attached hydrogen (secondary N) is 1. The van der Waals surface area contributed by atoms with Gasteiger partial charge in [-0.3, -0.25) is 4.52 Å². The molecule has 206 valence electrons. The van der Waals surface area contributed by atoms with E-state index in [9.17, 15) is 14.5 Å². The van der Waals surface area contributed by atoms with Gasteiger partial charge in [-0.25, -0.2) is 9.36 Å². The van der Waals surface area contributed by atoms with Crippen LogP contribution in [-0.4, -0.2) is 46.1 Å². The molecule has 0 aromatic heterocycles. The molecular weight excluding hydrogens is 481 g/mol. The van der Waals surface area contributed by atoms with Crippen molar-refractivity contribution in [2.24, 2.45) is 0 Å². The summed E-state index contributed by atoms with van der Waals surface area (Å²) in [5.74, 6) is 1.29. The van der Waals surface area contributed by atoms with Crippen molar-refractivity contribution >= 4 is 26.5 Å². The van der Waals surface area contributed by atoms with Crippen LogP contribution in [0.1, 0.15) is 119 Å². The van der Waals surface area contributed by atoms with Gasteiger partial charge >= 0.3 is 14.8 Å². The molecule has 0 bridgehead atoms. The maximum atomic E-state index is 12.0. The molecule has 0 aromatic rings. The van der Waals surface area contributed by atoms with Crippen molar-refractivity contribution in [2.45, 2.75) is 141 Å². The number of unbranched alkanes of at least 4 members (excludes halogenated alkanes) is 11. The van der Waals surface area contributed by atoms with Gasteiger partial charge < -0.3 is 15.2 Å². The number of ether oxygens (including phenoxy) is 1. The monoisotopic (exact) mass is 533 g/mol. The van der Waals surface area contributed by atoms with E-state index in [4.69, 9.17) is 9.26 Å². The maximum absolute atomic E-state index is 12.0. The van der Waals surface area contributed by atoms with Gasteiger partial charge in [0, 0.05) is 4.75 Å². The van der Waals surface area contributed by atoms with Gasteiger partial charge in [0.2, 0.25) is 0 Å². The summed E-state index contributed by atoms with van der Waals surface area (Å²) in [5.41, 5.74) is -0.641. The second-order valence-electron chi connectivity index (χ2n) is 11.2. The zero-order valence-corrected chi connectivity index (χ0v) is 24.9. The molecule has 0 aliphatic rings. The smallest absolute Gasteiger partial charge is 0.408 e. The Balaban J connectivity index is 3.80. The van der Waals surface area contributed by atoms with Crippen LogP contribution in [0.15, 0.2) is 12.2 Å². The molecule has 0 fully saturated rings. The molecule has 0 rings (SSSR count). The Hall–Kier alpha value is -0.620. The normalized spacial score (nSPS) is 14.4. The van der Waals surface area contributed by atoms with Crippen molar-refractivity contribution in [2.75, 3.05) is 12.4 Å². The SMILES string of the molecule is CC(C)(C)OC(=O)N[C@@H](COP=O)[C@H](O)/C=C/CCCCCCCCCCCCCSC(C)(C)C. The molecule has 0 spiro atoms. The number of carbonyl (C=O) groups is 1. The van der Waals surface area contributed by atoms with E-state index in [1.54, 1.807) is 26.8 Å². The van der Waals surface area contributed by atoms with Gasteiger partial charge in [0.25, 0.3) is 0 Å².